The molecule has 2 rings (SSSR count). The topological polar surface area (TPSA) is 88.0 Å². The van der Waals surface area contributed by atoms with E-state index < -0.39 is 5.97 Å². The van der Waals surface area contributed by atoms with E-state index in [9.17, 15) is 9.90 Å². The number of hydrogen-bond acceptors (Lipinski definition) is 5. The minimum atomic E-state index is -1.01. The van der Waals surface area contributed by atoms with Crippen LogP contribution < -0.4 is 5.32 Å². The minimum absolute atomic E-state index is 0.164. The number of carbonyl (C=O) groups is 1. The number of hydrogen-bond donors (Lipinski definition) is 2. The van der Waals surface area contributed by atoms with Crippen LogP contribution in [0, 0.1) is 20.8 Å². The van der Waals surface area contributed by atoms with Crippen molar-refractivity contribution in [3.05, 3.63) is 46.4 Å². The van der Waals surface area contributed by atoms with Crippen LogP contribution in [0.15, 0.2) is 18.3 Å². The average Bonchev–Trinajstić information content (AvgIpc) is 2.41. The zero-order chi connectivity index (χ0) is 14.7. The first kappa shape index (κ1) is 13.9. The summed E-state index contributed by atoms with van der Waals surface area (Å²) in [6, 6.07) is 3.84. The Hall–Kier alpha value is -2.50. The van der Waals surface area contributed by atoms with E-state index in [2.05, 4.69) is 20.5 Å². The fourth-order valence-electron chi connectivity index (χ4n) is 1.78. The maximum Gasteiger partial charge on any atom is 0.339 e. The molecule has 2 aromatic heterocycles. The molecule has 6 nitrogen and oxygen atoms in total. The molecule has 104 valence electrons. The highest BCUT2D eigenvalue weighted by Gasteiger charge is 2.17. The van der Waals surface area contributed by atoms with E-state index in [0.717, 1.165) is 11.3 Å². The van der Waals surface area contributed by atoms with Gasteiger partial charge in [0.05, 0.1) is 5.69 Å². The van der Waals surface area contributed by atoms with Gasteiger partial charge in [-0.05, 0) is 38.0 Å². The van der Waals surface area contributed by atoms with Gasteiger partial charge in [-0.15, -0.1) is 5.10 Å². The van der Waals surface area contributed by atoms with Crippen LogP contribution in [0.5, 0.6) is 0 Å². The van der Waals surface area contributed by atoms with Crippen molar-refractivity contribution in [2.45, 2.75) is 27.3 Å². The molecule has 2 N–H and O–H groups in total. The molecule has 20 heavy (non-hydrogen) atoms. The summed E-state index contributed by atoms with van der Waals surface area (Å²) in [5, 5.41) is 20.2. The molecule has 2 heterocycles. The quantitative estimate of drug-likeness (QED) is 0.886. The van der Waals surface area contributed by atoms with Crippen molar-refractivity contribution in [2.75, 3.05) is 5.32 Å². The van der Waals surface area contributed by atoms with Gasteiger partial charge in [0.25, 0.3) is 0 Å². The first-order valence-electron chi connectivity index (χ1n) is 6.21. The van der Waals surface area contributed by atoms with Crippen molar-refractivity contribution >= 4 is 11.8 Å². The summed E-state index contributed by atoms with van der Waals surface area (Å²) in [5.41, 5.74) is 3.29. The van der Waals surface area contributed by atoms with Crippen LogP contribution in [0.1, 0.15) is 32.9 Å². The second-order valence-corrected chi connectivity index (χ2v) is 4.60. The van der Waals surface area contributed by atoms with Gasteiger partial charge < -0.3 is 10.4 Å². The van der Waals surface area contributed by atoms with Crippen molar-refractivity contribution in [2.24, 2.45) is 0 Å². The van der Waals surface area contributed by atoms with E-state index in [-0.39, 0.29) is 11.4 Å². The summed E-state index contributed by atoms with van der Waals surface area (Å²) in [6.07, 6.45) is 1.75. The van der Waals surface area contributed by atoms with Crippen molar-refractivity contribution in [3.63, 3.8) is 0 Å². The van der Waals surface area contributed by atoms with Gasteiger partial charge in [0.2, 0.25) is 0 Å². The molecule has 0 unspecified atom stereocenters. The normalized spacial score (nSPS) is 10.3. The second kappa shape index (κ2) is 5.64. The first-order valence-corrected chi connectivity index (χ1v) is 6.21. The SMILES string of the molecule is Cc1ccc(CNc2nnc(C)c(C)c2C(=O)O)cn1. The van der Waals surface area contributed by atoms with Crippen LogP contribution >= 0.6 is 0 Å². The number of rotatable bonds is 4. The van der Waals surface area contributed by atoms with Gasteiger partial charge >= 0.3 is 5.97 Å². The minimum Gasteiger partial charge on any atom is -0.478 e. The van der Waals surface area contributed by atoms with Crippen LogP contribution in [0.25, 0.3) is 0 Å². The number of carboxylic acid groups (broad SMARTS) is 1. The predicted octanol–water partition coefficient (Wildman–Crippen LogP) is 2.11. The van der Waals surface area contributed by atoms with Crippen molar-refractivity contribution in [1.82, 2.24) is 15.2 Å². The third-order valence-electron chi connectivity index (χ3n) is 3.10. The Balaban J connectivity index is 2.23. The summed E-state index contributed by atoms with van der Waals surface area (Å²) in [5.74, 6) is -0.730. The van der Waals surface area contributed by atoms with E-state index in [4.69, 9.17) is 0 Å². The van der Waals surface area contributed by atoms with Gasteiger partial charge in [-0.1, -0.05) is 6.07 Å². The monoisotopic (exact) mass is 272 g/mol. The van der Waals surface area contributed by atoms with Gasteiger partial charge in [-0.25, -0.2) is 4.79 Å². The molecule has 0 spiro atoms. The fraction of sp³-hybridized carbons (Fsp3) is 0.286. The molecule has 0 saturated carbocycles. The van der Waals surface area contributed by atoms with E-state index in [0.29, 0.717) is 17.8 Å². The van der Waals surface area contributed by atoms with E-state index in [1.807, 2.05) is 19.1 Å². The molecule has 0 bridgehead atoms. The maximum atomic E-state index is 11.3. The lowest BCUT2D eigenvalue weighted by Crippen LogP contribution is -2.13. The Bertz CT molecular complexity index is 638. The second-order valence-electron chi connectivity index (χ2n) is 4.60. The Labute approximate surface area is 116 Å². The number of anilines is 1. The Kier molecular flexibility index (Phi) is 3.93. The van der Waals surface area contributed by atoms with Gasteiger partial charge in [-0.2, -0.15) is 5.10 Å². The lowest BCUT2D eigenvalue weighted by Gasteiger charge is -2.11. The maximum absolute atomic E-state index is 11.3. The number of nitrogens with one attached hydrogen (secondary N) is 1. The van der Waals surface area contributed by atoms with Crippen LogP contribution in [-0.2, 0) is 6.54 Å². The lowest BCUT2D eigenvalue weighted by atomic mass is 10.1. The van der Waals surface area contributed by atoms with Crippen LogP contribution in [0.2, 0.25) is 0 Å². The number of nitrogens with zero attached hydrogens (tertiary/aromatic N) is 3. The summed E-state index contributed by atoms with van der Waals surface area (Å²) < 4.78 is 0. The van der Waals surface area contributed by atoms with Gasteiger partial charge in [0, 0.05) is 18.4 Å². The standard InChI is InChI=1S/C14H16N4O2/c1-8-4-5-11(6-15-8)7-16-13-12(14(19)20)9(2)10(3)17-18-13/h4-6H,7H2,1-3H3,(H,16,18)(H,19,20). The molecule has 0 aliphatic rings. The summed E-state index contributed by atoms with van der Waals surface area (Å²) in [4.78, 5) is 15.5. The van der Waals surface area contributed by atoms with Gasteiger partial charge in [0.15, 0.2) is 5.82 Å². The molecular formula is C14H16N4O2. The molecule has 6 heteroatoms. The Morgan fingerprint density at radius 3 is 2.60 bits per heavy atom. The number of aromatic carboxylic acids is 1. The molecule has 0 aliphatic heterocycles. The van der Waals surface area contributed by atoms with Crippen LogP contribution in [0.4, 0.5) is 5.82 Å². The molecule has 2 aromatic rings. The number of carboxylic acids is 1. The number of aromatic nitrogens is 3. The van der Waals surface area contributed by atoms with Gasteiger partial charge in [-0.3, -0.25) is 4.98 Å². The molecule has 0 saturated heterocycles. The zero-order valence-corrected chi connectivity index (χ0v) is 11.6. The lowest BCUT2D eigenvalue weighted by molar-refractivity contribution is 0.0696. The number of pyridine rings is 1. The van der Waals surface area contributed by atoms with E-state index >= 15 is 0 Å². The Morgan fingerprint density at radius 2 is 2.00 bits per heavy atom. The first-order chi connectivity index (χ1) is 9.49. The largest absolute Gasteiger partial charge is 0.478 e. The third kappa shape index (κ3) is 2.90. The molecule has 0 amide bonds. The van der Waals surface area contributed by atoms with Crippen LogP contribution in [-0.4, -0.2) is 26.3 Å². The smallest absolute Gasteiger partial charge is 0.339 e. The van der Waals surface area contributed by atoms with Crippen molar-refractivity contribution < 1.29 is 9.90 Å². The molecule has 0 radical (unpaired) electrons. The highest BCUT2D eigenvalue weighted by molar-refractivity contribution is 5.94. The predicted molar refractivity (Wildman–Crippen MR) is 74.8 cm³/mol. The molecule has 0 aromatic carbocycles. The summed E-state index contributed by atoms with van der Waals surface area (Å²) in [6.45, 7) is 5.83. The average molecular weight is 272 g/mol. The molecular weight excluding hydrogens is 256 g/mol. The summed E-state index contributed by atoms with van der Waals surface area (Å²) in [7, 11) is 0. The fourth-order valence-corrected chi connectivity index (χ4v) is 1.78. The number of aryl methyl sites for hydroxylation is 2. The Morgan fingerprint density at radius 1 is 1.25 bits per heavy atom. The molecule has 0 aliphatic carbocycles. The summed E-state index contributed by atoms with van der Waals surface area (Å²) >= 11 is 0. The van der Waals surface area contributed by atoms with E-state index in [1.165, 1.54) is 0 Å². The zero-order valence-electron chi connectivity index (χ0n) is 11.6. The highest BCUT2D eigenvalue weighted by atomic mass is 16.4. The van der Waals surface area contributed by atoms with Crippen molar-refractivity contribution in [3.8, 4) is 0 Å². The highest BCUT2D eigenvalue weighted by Crippen LogP contribution is 2.19. The third-order valence-corrected chi connectivity index (χ3v) is 3.10. The van der Waals surface area contributed by atoms with Gasteiger partial charge in [0.1, 0.15) is 5.56 Å². The van der Waals surface area contributed by atoms with Crippen molar-refractivity contribution in [1.29, 1.82) is 0 Å². The molecule has 0 fully saturated rings. The molecule has 0 atom stereocenters. The van der Waals surface area contributed by atoms with E-state index in [1.54, 1.807) is 20.0 Å². The van der Waals surface area contributed by atoms with Crippen LogP contribution in [0.3, 0.4) is 0 Å².